The van der Waals surface area contributed by atoms with Crippen LogP contribution in [-0.4, -0.2) is 23.4 Å². The van der Waals surface area contributed by atoms with Crippen LogP contribution in [0.3, 0.4) is 0 Å². The van der Waals surface area contributed by atoms with Crippen molar-refractivity contribution in [3.05, 3.63) is 59.1 Å². The zero-order valence-electron chi connectivity index (χ0n) is 19.3. The molecule has 0 fully saturated rings. The average Bonchev–Trinajstić information content (AvgIpc) is 3.31. The van der Waals surface area contributed by atoms with E-state index in [9.17, 15) is 13.2 Å². The first kappa shape index (κ1) is 26.0. The standard InChI is InChI=1S/C25H30F3N3O2S/c1-3-9-17(2)22(29)24-31-30-23(34-24)18-12-13-21(20(16-18)25(26,27)28)33-15-8-7-14-32-19-10-5-4-6-11-19/h4-6,10-13,16-17,22H,3,7-9,14-15,29H2,1-2H3. The molecule has 0 aliphatic heterocycles. The summed E-state index contributed by atoms with van der Waals surface area (Å²) in [6.07, 6.45) is -1.38. The minimum atomic E-state index is -4.55. The normalized spacial score (nSPS) is 13.5. The van der Waals surface area contributed by atoms with E-state index >= 15 is 0 Å². The molecule has 2 unspecified atom stereocenters. The lowest BCUT2D eigenvalue weighted by atomic mass is 9.98. The predicted molar refractivity (Wildman–Crippen MR) is 128 cm³/mol. The van der Waals surface area contributed by atoms with E-state index < -0.39 is 11.7 Å². The highest BCUT2D eigenvalue weighted by Gasteiger charge is 2.35. The lowest BCUT2D eigenvalue weighted by Gasteiger charge is -2.16. The third kappa shape index (κ3) is 7.17. The van der Waals surface area contributed by atoms with E-state index in [0.717, 1.165) is 24.7 Å². The van der Waals surface area contributed by atoms with Crippen molar-refractivity contribution in [1.29, 1.82) is 0 Å². The second-order valence-corrected chi connectivity index (χ2v) is 9.17. The van der Waals surface area contributed by atoms with Crippen molar-refractivity contribution in [2.75, 3.05) is 13.2 Å². The van der Waals surface area contributed by atoms with E-state index in [0.29, 0.717) is 35.0 Å². The zero-order valence-corrected chi connectivity index (χ0v) is 20.2. The van der Waals surface area contributed by atoms with Gasteiger partial charge in [0, 0.05) is 5.56 Å². The Balaban J connectivity index is 1.62. The van der Waals surface area contributed by atoms with E-state index in [1.165, 1.54) is 17.4 Å². The van der Waals surface area contributed by atoms with E-state index in [-0.39, 0.29) is 24.3 Å². The van der Waals surface area contributed by atoms with Crippen LogP contribution in [0.4, 0.5) is 13.2 Å². The zero-order chi connectivity index (χ0) is 24.6. The molecule has 0 aliphatic rings. The topological polar surface area (TPSA) is 70.3 Å². The van der Waals surface area contributed by atoms with Crippen LogP contribution in [0.2, 0.25) is 0 Å². The highest BCUT2D eigenvalue weighted by molar-refractivity contribution is 7.14. The minimum absolute atomic E-state index is 0.160. The number of rotatable bonds is 12. The molecule has 0 aliphatic carbocycles. The molecule has 9 heteroatoms. The molecule has 0 bridgehead atoms. The van der Waals surface area contributed by atoms with Gasteiger partial charge in [0.25, 0.3) is 0 Å². The van der Waals surface area contributed by atoms with Gasteiger partial charge in [-0.15, -0.1) is 10.2 Å². The second kappa shape index (κ2) is 12.2. The van der Waals surface area contributed by atoms with Gasteiger partial charge in [0.2, 0.25) is 0 Å². The summed E-state index contributed by atoms with van der Waals surface area (Å²) in [6.45, 7) is 4.75. The van der Waals surface area contributed by atoms with Gasteiger partial charge < -0.3 is 15.2 Å². The number of aromatic nitrogens is 2. The van der Waals surface area contributed by atoms with E-state index in [4.69, 9.17) is 15.2 Å². The number of unbranched alkanes of at least 4 members (excludes halogenated alkanes) is 1. The summed E-state index contributed by atoms with van der Waals surface area (Å²) in [5.74, 6) is 0.780. The van der Waals surface area contributed by atoms with Crippen LogP contribution < -0.4 is 15.2 Å². The predicted octanol–water partition coefficient (Wildman–Crippen LogP) is 6.90. The first-order valence-corrected chi connectivity index (χ1v) is 12.2. The quantitative estimate of drug-likeness (QED) is 0.278. The highest BCUT2D eigenvalue weighted by Crippen LogP contribution is 2.40. The largest absolute Gasteiger partial charge is 0.494 e. The minimum Gasteiger partial charge on any atom is -0.494 e. The van der Waals surface area contributed by atoms with Crippen LogP contribution in [0, 0.1) is 5.92 Å². The Morgan fingerprint density at radius 2 is 1.71 bits per heavy atom. The number of halogens is 3. The molecule has 0 spiro atoms. The summed E-state index contributed by atoms with van der Waals surface area (Å²) >= 11 is 1.23. The first-order chi connectivity index (χ1) is 16.3. The molecule has 3 aromatic rings. The Kier molecular flexibility index (Phi) is 9.29. The van der Waals surface area contributed by atoms with Crippen molar-refractivity contribution in [2.24, 2.45) is 11.7 Å². The van der Waals surface area contributed by atoms with Crippen molar-refractivity contribution in [2.45, 2.75) is 51.7 Å². The fraction of sp³-hybridized carbons (Fsp3) is 0.440. The van der Waals surface area contributed by atoms with Crippen LogP contribution >= 0.6 is 11.3 Å². The average molecular weight is 494 g/mol. The smallest absolute Gasteiger partial charge is 0.419 e. The van der Waals surface area contributed by atoms with Gasteiger partial charge in [-0.2, -0.15) is 13.2 Å². The van der Waals surface area contributed by atoms with Crippen molar-refractivity contribution in [3.8, 4) is 22.1 Å². The van der Waals surface area contributed by atoms with Gasteiger partial charge in [0.1, 0.15) is 21.5 Å². The molecule has 5 nitrogen and oxygen atoms in total. The van der Waals surface area contributed by atoms with Crippen LogP contribution in [0.1, 0.15) is 56.1 Å². The molecule has 0 saturated carbocycles. The summed E-state index contributed by atoms with van der Waals surface area (Å²) in [7, 11) is 0. The summed E-state index contributed by atoms with van der Waals surface area (Å²) in [5, 5.41) is 9.25. The van der Waals surface area contributed by atoms with Crippen LogP contribution in [0.25, 0.3) is 10.6 Å². The van der Waals surface area contributed by atoms with Gasteiger partial charge in [-0.3, -0.25) is 0 Å². The second-order valence-electron chi connectivity index (χ2n) is 8.16. The summed E-state index contributed by atoms with van der Waals surface area (Å²) in [6, 6.07) is 13.1. The van der Waals surface area contributed by atoms with E-state index in [2.05, 4.69) is 17.1 Å². The van der Waals surface area contributed by atoms with Crippen molar-refractivity contribution in [3.63, 3.8) is 0 Å². The van der Waals surface area contributed by atoms with Gasteiger partial charge >= 0.3 is 6.18 Å². The van der Waals surface area contributed by atoms with E-state index in [1.54, 1.807) is 6.07 Å². The van der Waals surface area contributed by atoms with Gasteiger partial charge in [0.15, 0.2) is 0 Å². The maximum atomic E-state index is 13.7. The number of ether oxygens (including phenoxy) is 2. The van der Waals surface area contributed by atoms with E-state index in [1.807, 2.05) is 37.3 Å². The van der Waals surface area contributed by atoms with Crippen molar-refractivity contribution >= 4 is 11.3 Å². The first-order valence-electron chi connectivity index (χ1n) is 11.4. The maximum Gasteiger partial charge on any atom is 0.419 e. The number of hydrogen-bond acceptors (Lipinski definition) is 6. The fourth-order valence-corrected chi connectivity index (χ4v) is 4.44. The molecule has 2 atom stereocenters. The number of para-hydroxylation sites is 1. The van der Waals surface area contributed by atoms with Gasteiger partial charge in [-0.1, -0.05) is 49.8 Å². The monoisotopic (exact) mass is 493 g/mol. The molecule has 3 rings (SSSR count). The van der Waals surface area contributed by atoms with Gasteiger partial charge in [-0.05, 0) is 55.5 Å². The van der Waals surface area contributed by atoms with Gasteiger partial charge in [0.05, 0.1) is 24.8 Å². The number of alkyl halides is 3. The summed E-state index contributed by atoms with van der Waals surface area (Å²) in [4.78, 5) is 0. The van der Waals surface area contributed by atoms with Crippen LogP contribution in [-0.2, 0) is 6.18 Å². The number of benzene rings is 2. The molecule has 2 aromatic carbocycles. The summed E-state index contributed by atoms with van der Waals surface area (Å²) in [5.41, 5.74) is 5.78. The van der Waals surface area contributed by atoms with Crippen molar-refractivity contribution < 1.29 is 22.6 Å². The Hall–Kier alpha value is -2.65. The number of nitrogens with two attached hydrogens (primary N) is 1. The Morgan fingerprint density at radius 1 is 1.00 bits per heavy atom. The molecule has 184 valence electrons. The lowest BCUT2D eigenvalue weighted by Crippen LogP contribution is -2.18. The number of hydrogen-bond donors (Lipinski definition) is 1. The molecule has 0 saturated heterocycles. The fourth-order valence-electron chi connectivity index (χ4n) is 3.47. The maximum absolute atomic E-state index is 13.7. The van der Waals surface area contributed by atoms with Crippen LogP contribution in [0.5, 0.6) is 11.5 Å². The lowest BCUT2D eigenvalue weighted by molar-refractivity contribution is -0.138. The highest BCUT2D eigenvalue weighted by atomic mass is 32.1. The molecule has 0 radical (unpaired) electrons. The molecule has 1 aromatic heterocycles. The molecular weight excluding hydrogens is 463 g/mol. The number of nitrogens with zero attached hydrogens (tertiary/aromatic N) is 2. The Morgan fingerprint density at radius 3 is 2.38 bits per heavy atom. The molecule has 1 heterocycles. The SMILES string of the molecule is CCCC(C)C(N)c1nnc(-c2ccc(OCCCCOc3ccccc3)c(C(F)(F)F)c2)s1. The molecular formula is C25H30F3N3O2S. The third-order valence-corrected chi connectivity index (χ3v) is 6.50. The molecule has 2 N–H and O–H groups in total. The Bertz CT molecular complexity index is 1030. The molecule has 0 amide bonds. The summed E-state index contributed by atoms with van der Waals surface area (Å²) < 4.78 is 52.3. The van der Waals surface area contributed by atoms with Crippen LogP contribution in [0.15, 0.2) is 48.5 Å². The Labute approximate surface area is 202 Å². The third-order valence-electron chi connectivity index (χ3n) is 5.42. The van der Waals surface area contributed by atoms with Crippen molar-refractivity contribution in [1.82, 2.24) is 10.2 Å². The van der Waals surface area contributed by atoms with Gasteiger partial charge in [-0.25, -0.2) is 0 Å². The molecule has 34 heavy (non-hydrogen) atoms.